The molecular formula is C15H16N2O4. The van der Waals surface area contributed by atoms with E-state index < -0.39 is 11.0 Å². The Morgan fingerprint density at radius 1 is 1.29 bits per heavy atom. The van der Waals surface area contributed by atoms with Crippen LogP contribution in [0.4, 0.5) is 11.4 Å². The van der Waals surface area contributed by atoms with Gasteiger partial charge in [-0.2, -0.15) is 0 Å². The fraction of sp³-hybridized carbons (Fsp3) is 0.200. The van der Waals surface area contributed by atoms with Crippen LogP contribution < -0.4 is 10.1 Å². The van der Waals surface area contributed by atoms with E-state index in [9.17, 15) is 15.2 Å². The van der Waals surface area contributed by atoms with Gasteiger partial charge in [0.2, 0.25) is 0 Å². The standard InChI is InChI=1S/C15H16N2O4/c1-21-12-7-8-13(14(9-12)17(19)20)16-10-15(18)11-5-3-2-4-6-11/h2-9,15-16,18H,10H2,1H3. The fourth-order valence-electron chi connectivity index (χ4n) is 1.94. The van der Waals surface area contributed by atoms with Crippen molar-refractivity contribution in [3.8, 4) is 5.75 Å². The fourth-order valence-corrected chi connectivity index (χ4v) is 1.94. The van der Waals surface area contributed by atoms with E-state index in [0.717, 1.165) is 5.56 Å². The van der Waals surface area contributed by atoms with Gasteiger partial charge in [-0.15, -0.1) is 0 Å². The lowest BCUT2D eigenvalue weighted by atomic mass is 10.1. The Morgan fingerprint density at radius 2 is 2.00 bits per heavy atom. The molecule has 6 nitrogen and oxygen atoms in total. The van der Waals surface area contributed by atoms with Crippen LogP contribution in [0.5, 0.6) is 5.75 Å². The zero-order chi connectivity index (χ0) is 15.2. The quantitative estimate of drug-likeness (QED) is 0.630. The van der Waals surface area contributed by atoms with Gasteiger partial charge in [0, 0.05) is 6.54 Å². The molecule has 0 amide bonds. The molecule has 21 heavy (non-hydrogen) atoms. The van der Waals surface area contributed by atoms with Crippen molar-refractivity contribution in [3.05, 3.63) is 64.2 Å². The zero-order valence-corrected chi connectivity index (χ0v) is 11.5. The number of hydrogen-bond donors (Lipinski definition) is 2. The summed E-state index contributed by atoms with van der Waals surface area (Å²) >= 11 is 0. The number of nitrogens with one attached hydrogen (secondary N) is 1. The van der Waals surface area contributed by atoms with Gasteiger partial charge in [-0.3, -0.25) is 10.1 Å². The van der Waals surface area contributed by atoms with Gasteiger partial charge >= 0.3 is 0 Å². The van der Waals surface area contributed by atoms with Gasteiger partial charge in [0.15, 0.2) is 0 Å². The second kappa shape index (κ2) is 6.71. The first-order chi connectivity index (χ1) is 10.1. The van der Waals surface area contributed by atoms with Crippen molar-refractivity contribution in [2.75, 3.05) is 19.0 Å². The first kappa shape index (κ1) is 14.8. The van der Waals surface area contributed by atoms with E-state index in [2.05, 4.69) is 5.32 Å². The third-order valence-electron chi connectivity index (χ3n) is 3.07. The Morgan fingerprint density at radius 3 is 2.62 bits per heavy atom. The second-order valence-corrected chi connectivity index (χ2v) is 4.45. The lowest BCUT2D eigenvalue weighted by molar-refractivity contribution is -0.384. The third-order valence-corrected chi connectivity index (χ3v) is 3.07. The van der Waals surface area contributed by atoms with Gasteiger partial charge < -0.3 is 15.2 Å². The van der Waals surface area contributed by atoms with E-state index in [-0.39, 0.29) is 12.2 Å². The predicted molar refractivity (Wildman–Crippen MR) is 79.5 cm³/mol. The van der Waals surface area contributed by atoms with Crippen molar-refractivity contribution < 1.29 is 14.8 Å². The molecule has 0 saturated heterocycles. The highest BCUT2D eigenvalue weighted by Crippen LogP contribution is 2.29. The molecule has 6 heteroatoms. The lowest BCUT2D eigenvalue weighted by Crippen LogP contribution is -2.13. The number of hydrogen-bond acceptors (Lipinski definition) is 5. The minimum atomic E-state index is -0.743. The molecule has 0 aliphatic heterocycles. The molecule has 2 aromatic carbocycles. The average molecular weight is 288 g/mol. The maximum atomic E-state index is 11.1. The summed E-state index contributed by atoms with van der Waals surface area (Å²) in [7, 11) is 1.45. The van der Waals surface area contributed by atoms with Crippen molar-refractivity contribution in [2.45, 2.75) is 6.10 Å². The van der Waals surface area contributed by atoms with Gasteiger partial charge in [0.1, 0.15) is 11.4 Å². The maximum Gasteiger partial charge on any atom is 0.296 e. The molecule has 0 bridgehead atoms. The van der Waals surface area contributed by atoms with E-state index in [0.29, 0.717) is 11.4 Å². The molecule has 110 valence electrons. The van der Waals surface area contributed by atoms with Crippen LogP contribution in [0, 0.1) is 10.1 Å². The number of nitro groups is 1. The minimum absolute atomic E-state index is 0.0883. The topological polar surface area (TPSA) is 84.6 Å². The number of methoxy groups -OCH3 is 1. The third kappa shape index (κ3) is 3.70. The number of ether oxygens (including phenoxy) is 1. The Bertz CT molecular complexity index is 616. The molecule has 0 spiro atoms. The van der Waals surface area contributed by atoms with Crippen LogP contribution in [0.25, 0.3) is 0 Å². The number of anilines is 1. The highest BCUT2D eigenvalue weighted by atomic mass is 16.6. The molecule has 2 N–H and O–H groups in total. The molecule has 0 aliphatic carbocycles. The highest BCUT2D eigenvalue weighted by Gasteiger charge is 2.16. The van der Waals surface area contributed by atoms with Gasteiger partial charge in [-0.05, 0) is 17.7 Å². The van der Waals surface area contributed by atoms with E-state index >= 15 is 0 Å². The molecule has 0 radical (unpaired) electrons. The molecular weight excluding hydrogens is 272 g/mol. The largest absolute Gasteiger partial charge is 0.496 e. The van der Waals surface area contributed by atoms with Crippen molar-refractivity contribution in [2.24, 2.45) is 0 Å². The molecule has 2 rings (SSSR count). The first-order valence-electron chi connectivity index (χ1n) is 6.41. The molecule has 0 heterocycles. The molecule has 0 aliphatic rings. The maximum absolute atomic E-state index is 11.1. The molecule has 0 fully saturated rings. The molecule has 1 atom stereocenters. The van der Waals surface area contributed by atoms with E-state index in [1.807, 2.05) is 18.2 Å². The van der Waals surface area contributed by atoms with Crippen LogP contribution in [0.1, 0.15) is 11.7 Å². The normalized spacial score (nSPS) is 11.7. The van der Waals surface area contributed by atoms with Gasteiger partial charge in [-0.25, -0.2) is 0 Å². The van der Waals surface area contributed by atoms with E-state index in [4.69, 9.17) is 4.74 Å². The van der Waals surface area contributed by atoms with Gasteiger partial charge in [0.05, 0.1) is 24.2 Å². The Kier molecular flexibility index (Phi) is 4.73. The van der Waals surface area contributed by atoms with Crippen LogP contribution in [0.2, 0.25) is 0 Å². The summed E-state index contributed by atoms with van der Waals surface area (Å²) in [5, 5.41) is 24.0. The smallest absolute Gasteiger partial charge is 0.296 e. The van der Waals surface area contributed by atoms with Crippen LogP contribution in [-0.2, 0) is 0 Å². The van der Waals surface area contributed by atoms with Crippen LogP contribution in [0.3, 0.4) is 0 Å². The van der Waals surface area contributed by atoms with E-state index in [1.165, 1.54) is 13.2 Å². The minimum Gasteiger partial charge on any atom is -0.496 e. The summed E-state index contributed by atoms with van der Waals surface area (Å²) in [6, 6.07) is 13.7. The Balaban J connectivity index is 2.11. The van der Waals surface area contributed by atoms with Gasteiger partial charge in [-0.1, -0.05) is 30.3 Å². The Labute approximate surface area is 122 Å². The van der Waals surface area contributed by atoms with Crippen molar-refractivity contribution in [3.63, 3.8) is 0 Å². The number of aliphatic hydroxyl groups excluding tert-OH is 1. The first-order valence-corrected chi connectivity index (χ1v) is 6.41. The summed E-state index contributed by atoms with van der Waals surface area (Å²) in [5.41, 5.74) is 1.01. The zero-order valence-electron chi connectivity index (χ0n) is 11.5. The second-order valence-electron chi connectivity index (χ2n) is 4.45. The van der Waals surface area contributed by atoms with Gasteiger partial charge in [0.25, 0.3) is 5.69 Å². The monoisotopic (exact) mass is 288 g/mol. The summed E-state index contributed by atoms with van der Waals surface area (Å²) in [4.78, 5) is 10.6. The number of benzene rings is 2. The highest BCUT2D eigenvalue weighted by molar-refractivity contribution is 5.64. The van der Waals surface area contributed by atoms with Crippen LogP contribution >= 0.6 is 0 Å². The van der Waals surface area contributed by atoms with Crippen LogP contribution in [-0.4, -0.2) is 23.7 Å². The number of nitro benzene ring substituents is 1. The molecule has 0 saturated carbocycles. The molecule has 2 aromatic rings. The van der Waals surface area contributed by atoms with Crippen molar-refractivity contribution >= 4 is 11.4 Å². The summed E-state index contributed by atoms with van der Waals surface area (Å²) in [6.45, 7) is 0.178. The summed E-state index contributed by atoms with van der Waals surface area (Å²) in [5.74, 6) is 0.413. The number of nitrogens with zero attached hydrogens (tertiary/aromatic N) is 1. The van der Waals surface area contributed by atoms with Crippen molar-refractivity contribution in [1.29, 1.82) is 0 Å². The lowest BCUT2D eigenvalue weighted by Gasteiger charge is -2.13. The van der Waals surface area contributed by atoms with Crippen LogP contribution in [0.15, 0.2) is 48.5 Å². The Hall–Kier alpha value is -2.60. The number of rotatable bonds is 6. The summed E-state index contributed by atoms with van der Waals surface area (Å²) < 4.78 is 4.97. The van der Waals surface area contributed by atoms with E-state index in [1.54, 1.807) is 24.3 Å². The molecule has 0 aromatic heterocycles. The molecule has 1 unspecified atom stereocenters. The average Bonchev–Trinajstić information content (AvgIpc) is 2.53. The predicted octanol–water partition coefficient (Wildman–Crippen LogP) is 2.75. The number of aliphatic hydroxyl groups is 1. The van der Waals surface area contributed by atoms with Crippen molar-refractivity contribution in [1.82, 2.24) is 0 Å². The SMILES string of the molecule is COc1ccc(NCC(O)c2ccccc2)c([N+](=O)[O-])c1. The summed E-state index contributed by atoms with van der Waals surface area (Å²) in [6.07, 6.45) is -0.743.